The van der Waals surface area contributed by atoms with E-state index in [2.05, 4.69) is 17.2 Å². The average Bonchev–Trinajstić information content (AvgIpc) is 2.39. The van der Waals surface area contributed by atoms with Crippen LogP contribution in [0.15, 0.2) is 18.3 Å². The van der Waals surface area contributed by atoms with Gasteiger partial charge in [0, 0.05) is 12.7 Å². The van der Waals surface area contributed by atoms with Crippen molar-refractivity contribution in [2.75, 3.05) is 11.9 Å². The molecule has 0 saturated heterocycles. The molecule has 0 spiro atoms. The Bertz CT molecular complexity index is 315. The number of nitrogens with one attached hydrogen (secondary N) is 1. The molecule has 1 rings (SSSR count). The van der Waals surface area contributed by atoms with Gasteiger partial charge in [0.05, 0.1) is 5.69 Å². The van der Waals surface area contributed by atoms with Crippen molar-refractivity contribution < 1.29 is 0 Å². The van der Waals surface area contributed by atoms with Crippen molar-refractivity contribution in [2.24, 2.45) is 0 Å². The monoisotopic (exact) mass is 268 g/mol. The lowest BCUT2D eigenvalue weighted by Crippen LogP contribution is -2.02. The standard InChI is InChI=1S/C15H25ClN2/c1-2-3-4-5-6-7-8-9-12-17-14-11-10-13-18-15(14)16/h10-11,13,17H,2-9,12H2,1H3. The smallest absolute Gasteiger partial charge is 0.152 e. The van der Waals surface area contributed by atoms with E-state index in [0.29, 0.717) is 5.15 Å². The van der Waals surface area contributed by atoms with Crippen molar-refractivity contribution in [3.8, 4) is 0 Å². The second-order valence-corrected chi connectivity index (χ2v) is 5.10. The van der Waals surface area contributed by atoms with Gasteiger partial charge in [-0.15, -0.1) is 0 Å². The van der Waals surface area contributed by atoms with Gasteiger partial charge >= 0.3 is 0 Å². The summed E-state index contributed by atoms with van der Waals surface area (Å²) < 4.78 is 0. The molecule has 0 aliphatic heterocycles. The highest BCUT2D eigenvalue weighted by Crippen LogP contribution is 2.17. The fraction of sp³-hybridized carbons (Fsp3) is 0.667. The molecule has 18 heavy (non-hydrogen) atoms. The van der Waals surface area contributed by atoms with Crippen LogP contribution in [-0.2, 0) is 0 Å². The van der Waals surface area contributed by atoms with Crippen LogP contribution in [-0.4, -0.2) is 11.5 Å². The van der Waals surface area contributed by atoms with Crippen molar-refractivity contribution in [1.82, 2.24) is 4.98 Å². The van der Waals surface area contributed by atoms with Crippen LogP contribution in [0.3, 0.4) is 0 Å². The number of rotatable bonds is 10. The largest absolute Gasteiger partial charge is 0.383 e. The summed E-state index contributed by atoms with van der Waals surface area (Å²) >= 11 is 5.96. The van der Waals surface area contributed by atoms with E-state index in [1.807, 2.05) is 12.1 Å². The number of halogens is 1. The molecule has 2 nitrogen and oxygen atoms in total. The Morgan fingerprint density at radius 3 is 2.39 bits per heavy atom. The van der Waals surface area contributed by atoms with Crippen LogP contribution in [0.25, 0.3) is 0 Å². The molecule has 0 fully saturated rings. The third kappa shape index (κ3) is 6.85. The summed E-state index contributed by atoms with van der Waals surface area (Å²) in [7, 11) is 0. The number of hydrogen-bond donors (Lipinski definition) is 1. The van der Waals surface area contributed by atoms with Crippen LogP contribution in [0.5, 0.6) is 0 Å². The maximum absolute atomic E-state index is 5.96. The summed E-state index contributed by atoms with van der Waals surface area (Å²) in [5.74, 6) is 0. The topological polar surface area (TPSA) is 24.9 Å². The molecule has 0 aliphatic carbocycles. The first-order valence-corrected chi connectivity index (χ1v) is 7.56. The minimum Gasteiger partial charge on any atom is -0.383 e. The lowest BCUT2D eigenvalue weighted by atomic mass is 10.1. The molecule has 0 saturated carbocycles. The quantitative estimate of drug-likeness (QED) is 0.461. The van der Waals surface area contributed by atoms with Gasteiger partial charge in [-0.05, 0) is 18.6 Å². The van der Waals surface area contributed by atoms with E-state index in [-0.39, 0.29) is 0 Å². The van der Waals surface area contributed by atoms with Crippen molar-refractivity contribution in [3.05, 3.63) is 23.5 Å². The van der Waals surface area contributed by atoms with Crippen LogP contribution in [0.4, 0.5) is 5.69 Å². The number of unbranched alkanes of at least 4 members (excludes halogenated alkanes) is 7. The molecule has 102 valence electrons. The second-order valence-electron chi connectivity index (χ2n) is 4.74. The van der Waals surface area contributed by atoms with Crippen molar-refractivity contribution in [1.29, 1.82) is 0 Å². The predicted octanol–water partition coefficient (Wildman–Crippen LogP) is 5.29. The summed E-state index contributed by atoms with van der Waals surface area (Å²) in [6, 6.07) is 3.88. The third-order valence-corrected chi connectivity index (χ3v) is 3.41. The van der Waals surface area contributed by atoms with E-state index in [9.17, 15) is 0 Å². The van der Waals surface area contributed by atoms with E-state index in [4.69, 9.17) is 11.6 Å². The molecule has 0 bridgehead atoms. The fourth-order valence-corrected chi connectivity index (χ4v) is 2.19. The summed E-state index contributed by atoms with van der Waals surface area (Å²) in [6.45, 7) is 3.25. The Labute approximate surface area is 116 Å². The number of nitrogens with zero attached hydrogens (tertiary/aromatic N) is 1. The lowest BCUT2D eigenvalue weighted by Gasteiger charge is -2.07. The van der Waals surface area contributed by atoms with Crippen LogP contribution >= 0.6 is 11.6 Å². The molecule has 3 heteroatoms. The van der Waals surface area contributed by atoms with Crippen molar-refractivity contribution >= 4 is 17.3 Å². The normalized spacial score (nSPS) is 10.6. The maximum Gasteiger partial charge on any atom is 0.152 e. The van der Waals surface area contributed by atoms with Crippen LogP contribution in [0.1, 0.15) is 58.3 Å². The van der Waals surface area contributed by atoms with Gasteiger partial charge in [-0.3, -0.25) is 0 Å². The molecule has 0 aliphatic rings. The Hall–Kier alpha value is -0.760. The summed E-state index contributed by atoms with van der Waals surface area (Å²) in [5, 5.41) is 3.90. The highest BCUT2D eigenvalue weighted by molar-refractivity contribution is 6.31. The van der Waals surface area contributed by atoms with E-state index in [1.165, 1.54) is 51.4 Å². The number of hydrogen-bond acceptors (Lipinski definition) is 2. The van der Waals surface area contributed by atoms with Crippen LogP contribution in [0, 0.1) is 0 Å². The Morgan fingerprint density at radius 2 is 1.72 bits per heavy atom. The molecule has 1 N–H and O–H groups in total. The van der Waals surface area contributed by atoms with Crippen LogP contribution < -0.4 is 5.32 Å². The molecule has 0 aromatic carbocycles. The zero-order valence-electron chi connectivity index (χ0n) is 11.4. The predicted molar refractivity (Wildman–Crippen MR) is 80.3 cm³/mol. The summed E-state index contributed by atoms with van der Waals surface area (Å²) in [5.41, 5.74) is 0.946. The molecular weight excluding hydrogens is 244 g/mol. The Kier molecular flexibility index (Phi) is 8.66. The van der Waals surface area contributed by atoms with Gasteiger partial charge in [-0.25, -0.2) is 4.98 Å². The lowest BCUT2D eigenvalue weighted by molar-refractivity contribution is 0.581. The fourth-order valence-electron chi connectivity index (χ4n) is 2.00. The highest BCUT2D eigenvalue weighted by atomic mass is 35.5. The Balaban J connectivity index is 1.94. The van der Waals surface area contributed by atoms with Gasteiger partial charge in [0.2, 0.25) is 0 Å². The van der Waals surface area contributed by atoms with Crippen LogP contribution in [0.2, 0.25) is 5.15 Å². The zero-order valence-corrected chi connectivity index (χ0v) is 12.2. The number of anilines is 1. The minimum absolute atomic E-state index is 0.567. The average molecular weight is 269 g/mol. The van der Waals surface area contributed by atoms with Gasteiger partial charge in [0.1, 0.15) is 0 Å². The van der Waals surface area contributed by atoms with Gasteiger partial charge in [-0.2, -0.15) is 0 Å². The Morgan fingerprint density at radius 1 is 1.06 bits per heavy atom. The molecule has 1 aromatic heterocycles. The van der Waals surface area contributed by atoms with E-state index >= 15 is 0 Å². The first-order valence-electron chi connectivity index (χ1n) is 7.19. The first kappa shape index (κ1) is 15.3. The maximum atomic E-state index is 5.96. The first-order chi connectivity index (χ1) is 8.84. The molecule has 0 amide bonds. The van der Waals surface area contributed by atoms with E-state index < -0.39 is 0 Å². The molecule has 0 atom stereocenters. The molecule has 1 heterocycles. The SMILES string of the molecule is CCCCCCCCCCNc1cccnc1Cl. The third-order valence-electron chi connectivity index (χ3n) is 3.10. The van der Waals surface area contributed by atoms with Gasteiger partial charge in [-0.1, -0.05) is 63.5 Å². The number of aromatic nitrogens is 1. The van der Waals surface area contributed by atoms with Crippen molar-refractivity contribution in [3.63, 3.8) is 0 Å². The van der Waals surface area contributed by atoms with E-state index in [0.717, 1.165) is 12.2 Å². The van der Waals surface area contributed by atoms with Gasteiger partial charge < -0.3 is 5.32 Å². The molecular formula is C15H25ClN2. The van der Waals surface area contributed by atoms with E-state index in [1.54, 1.807) is 6.20 Å². The van der Waals surface area contributed by atoms with Gasteiger partial charge in [0.15, 0.2) is 5.15 Å². The number of pyridine rings is 1. The molecule has 1 aromatic rings. The highest BCUT2D eigenvalue weighted by Gasteiger charge is 1.98. The second kappa shape index (κ2) is 10.2. The summed E-state index contributed by atoms with van der Waals surface area (Å²) in [4.78, 5) is 4.04. The molecule has 0 radical (unpaired) electrons. The zero-order chi connectivity index (χ0) is 13.1. The van der Waals surface area contributed by atoms with Crippen molar-refractivity contribution in [2.45, 2.75) is 58.3 Å². The minimum atomic E-state index is 0.567. The molecule has 0 unspecified atom stereocenters. The summed E-state index contributed by atoms with van der Waals surface area (Å²) in [6.07, 6.45) is 12.5. The van der Waals surface area contributed by atoms with Gasteiger partial charge in [0.25, 0.3) is 0 Å².